The first-order chi connectivity index (χ1) is 18.7. The van der Waals surface area contributed by atoms with Crippen molar-refractivity contribution >= 4 is 41.0 Å². The average molecular weight is 595 g/mol. The molecular formula is C28H33Cl2FN4O5. The van der Waals surface area contributed by atoms with Gasteiger partial charge in [-0.25, -0.2) is 14.2 Å². The largest absolute Gasteiger partial charge is 0.489 e. The number of piperazine rings is 1. The van der Waals surface area contributed by atoms with Crippen molar-refractivity contribution in [2.45, 2.75) is 64.3 Å². The van der Waals surface area contributed by atoms with Crippen molar-refractivity contribution in [3.63, 3.8) is 0 Å². The molecule has 0 saturated carbocycles. The first kappa shape index (κ1) is 28.7. The quantitative estimate of drug-likeness (QED) is 0.523. The van der Waals surface area contributed by atoms with Gasteiger partial charge in [-0.15, -0.1) is 0 Å². The third-order valence-corrected chi connectivity index (χ3v) is 8.08. The van der Waals surface area contributed by atoms with Gasteiger partial charge in [0.2, 0.25) is 0 Å². The number of ether oxygens (including phenoxy) is 2. The molecule has 1 aromatic heterocycles. The fourth-order valence-corrected chi connectivity index (χ4v) is 6.14. The third-order valence-electron chi connectivity index (χ3n) is 7.42. The SMILES string of the molecule is CC(C)(C)OC(=O)N1CCN2C(=O)c3c(N4CC(O)CC4(C)C)nc(-c4c(F)cccc4Cl)c(Cl)c3OC[C@H]2C1. The van der Waals surface area contributed by atoms with Gasteiger partial charge >= 0.3 is 6.09 Å². The molecule has 2 atom stereocenters. The highest BCUT2D eigenvalue weighted by atomic mass is 35.5. The van der Waals surface area contributed by atoms with Gasteiger partial charge in [-0.05, 0) is 53.2 Å². The molecule has 2 saturated heterocycles. The number of rotatable bonds is 2. The number of hydrogen-bond acceptors (Lipinski definition) is 7. The van der Waals surface area contributed by atoms with Crippen molar-refractivity contribution < 1.29 is 28.6 Å². The molecular weight excluding hydrogens is 562 g/mol. The Morgan fingerprint density at radius 3 is 2.55 bits per heavy atom. The van der Waals surface area contributed by atoms with E-state index in [4.69, 9.17) is 37.7 Å². The maximum absolute atomic E-state index is 15.1. The second kappa shape index (κ2) is 10.2. The number of pyridine rings is 1. The maximum Gasteiger partial charge on any atom is 0.410 e. The molecule has 1 unspecified atom stereocenters. The number of β-amino-alcohol motifs (C(OH)–C–C–N with tert-alkyl or cyclic N) is 1. The van der Waals surface area contributed by atoms with Gasteiger partial charge in [0.15, 0.2) is 5.75 Å². The Bertz CT molecular complexity index is 1340. The lowest BCUT2D eigenvalue weighted by atomic mass is 10.00. The second-order valence-electron chi connectivity index (χ2n) is 12.1. The zero-order chi connectivity index (χ0) is 29.1. The lowest BCUT2D eigenvalue weighted by molar-refractivity contribution is 0.000952. The molecule has 1 N–H and O–H groups in total. The van der Waals surface area contributed by atoms with E-state index in [1.165, 1.54) is 18.2 Å². The number of fused-ring (bicyclic) bond motifs is 2. The third kappa shape index (κ3) is 5.17. The Kier molecular flexibility index (Phi) is 7.34. The predicted molar refractivity (Wildman–Crippen MR) is 150 cm³/mol. The van der Waals surface area contributed by atoms with Crippen LogP contribution in [0, 0.1) is 5.82 Å². The summed E-state index contributed by atoms with van der Waals surface area (Å²) in [5.74, 6) is -0.690. The summed E-state index contributed by atoms with van der Waals surface area (Å²) in [6.07, 6.45) is -0.685. The van der Waals surface area contributed by atoms with E-state index in [9.17, 15) is 14.7 Å². The van der Waals surface area contributed by atoms with E-state index in [1.54, 1.807) is 30.6 Å². The summed E-state index contributed by atoms with van der Waals surface area (Å²) in [6.45, 7) is 10.2. The molecule has 12 heteroatoms. The lowest BCUT2D eigenvalue weighted by Crippen LogP contribution is -2.58. The summed E-state index contributed by atoms with van der Waals surface area (Å²) in [7, 11) is 0. The van der Waals surface area contributed by atoms with Gasteiger partial charge in [0.05, 0.1) is 28.4 Å². The molecule has 9 nitrogen and oxygen atoms in total. The topological polar surface area (TPSA) is 95.4 Å². The van der Waals surface area contributed by atoms with Crippen LogP contribution in [-0.2, 0) is 4.74 Å². The molecule has 0 bridgehead atoms. The summed E-state index contributed by atoms with van der Waals surface area (Å²) in [5, 5.41) is 10.6. The smallest absolute Gasteiger partial charge is 0.410 e. The molecule has 1 aromatic carbocycles. The van der Waals surface area contributed by atoms with Crippen molar-refractivity contribution in [3.05, 3.63) is 39.6 Å². The number of carbonyl (C=O) groups is 2. The predicted octanol–water partition coefficient (Wildman–Crippen LogP) is 5.00. The highest BCUT2D eigenvalue weighted by Gasteiger charge is 2.45. The van der Waals surface area contributed by atoms with Crippen LogP contribution in [0.5, 0.6) is 5.75 Å². The van der Waals surface area contributed by atoms with Gasteiger partial charge in [0.25, 0.3) is 5.91 Å². The number of carbonyl (C=O) groups excluding carboxylic acids is 2. The fourth-order valence-electron chi connectivity index (χ4n) is 5.61. The number of benzene rings is 1. The molecule has 40 heavy (non-hydrogen) atoms. The fraction of sp³-hybridized carbons (Fsp3) is 0.536. The lowest BCUT2D eigenvalue weighted by Gasteiger charge is -2.40. The number of halogens is 3. The monoisotopic (exact) mass is 594 g/mol. The Morgan fingerprint density at radius 2 is 1.93 bits per heavy atom. The first-order valence-corrected chi connectivity index (χ1v) is 14.0. The minimum absolute atomic E-state index is 0.00936. The number of amides is 2. The van der Waals surface area contributed by atoms with E-state index in [-0.39, 0.29) is 77.1 Å². The number of anilines is 1. The molecule has 216 valence electrons. The maximum atomic E-state index is 15.1. The van der Waals surface area contributed by atoms with Crippen LogP contribution in [0.2, 0.25) is 10.0 Å². The van der Waals surface area contributed by atoms with E-state index < -0.39 is 35.2 Å². The van der Waals surface area contributed by atoms with Crippen molar-refractivity contribution in [2.24, 2.45) is 0 Å². The Hall–Kier alpha value is -2.82. The number of aliphatic hydroxyl groups excluding tert-OH is 1. The zero-order valence-electron chi connectivity index (χ0n) is 23.1. The molecule has 2 aromatic rings. The van der Waals surface area contributed by atoms with Crippen LogP contribution in [0.3, 0.4) is 0 Å². The van der Waals surface area contributed by atoms with Crippen LogP contribution >= 0.6 is 23.2 Å². The van der Waals surface area contributed by atoms with Crippen molar-refractivity contribution in [1.82, 2.24) is 14.8 Å². The van der Waals surface area contributed by atoms with Crippen LogP contribution in [0.4, 0.5) is 15.0 Å². The standard InChI is InChI=1S/C28H33Cl2FN4O5/c1-27(2,3)40-26(38)33-9-10-34-15(12-33)14-39-23-20(25(34)37)24(35-13-16(36)11-28(35,4)5)32-22(21(23)30)19-17(29)7-6-8-18(19)31/h6-8,15-16,36H,9-14H2,1-5H3/t15-,16?/m1/s1. The van der Waals surface area contributed by atoms with E-state index in [2.05, 4.69) is 0 Å². The number of aliphatic hydroxyl groups is 1. The average Bonchev–Trinajstić information content (AvgIpc) is 3.03. The van der Waals surface area contributed by atoms with E-state index in [0.717, 1.165) is 0 Å². The van der Waals surface area contributed by atoms with Gasteiger partial charge in [-0.2, -0.15) is 0 Å². The van der Waals surface area contributed by atoms with Gasteiger partial charge in [0.1, 0.15) is 34.4 Å². The molecule has 4 heterocycles. The first-order valence-electron chi connectivity index (χ1n) is 13.2. The number of nitrogens with zero attached hydrogens (tertiary/aromatic N) is 4. The summed E-state index contributed by atoms with van der Waals surface area (Å²) in [6, 6.07) is 3.78. The minimum atomic E-state index is -0.661. The summed E-state index contributed by atoms with van der Waals surface area (Å²) in [5.41, 5.74) is -1.07. The summed E-state index contributed by atoms with van der Waals surface area (Å²) in [4.78, 5) is 36.8. The normalized spacial score (nSPS) is 22.4. The molecule has 0 radical (unpaired) electrons. The molecule has 3 aliphatic rings. The van der Waals surface area contributed by atoms with Gasteiger partial charge in [-0.3, -0.25) is 4.79 Å². The van der Waals surface area contributed by atoms with Gasteiger partial charge in [0, 0.05) is 31.7 Å². The van der Waals surface area contributed by atoms with Gasteiger partial charge in [-0.1, -0.05) is 29.3 Å². The summed E-state index contributed by atoms with van der Waals surface area (Å²) >= 11 is 13.2. The van der Waals surface area contributed by atoms with Crippen molar-refractivity contribution in [3.8, 4) is 17.0 Å². The molecule has 2 amide bonds. The second-order valence-corrected chi connectivity index (χ2v) is 12.9. The Labute approximate surface area is 242 Å². The van der Waals surface area contributed by atoms with Crippen LogP contribution < -0.4 is 9.64 Å². The van der Waals surface area contributed by atoms with E-state index >= 15 is 4.39 Å². The number of hydrogen-bond donors (Lipinski definition) is 1. The van der Waals surface area contributed by atoms with Crippen molar-refractivity contribution in [2.75, 3.05) is 37.7 Å². The Balaban J connectivity index is 1.62. The van der Waals surface area contributed by atoms with Gasteiger partial charge < -0.3 is 29.3 Å². The molecule has 0 spiro atoms. The minimum Gasteiger partial charge on any atom is -0.489 e. The molecule has 0 aliphatic carbocycles. The molecule has 5 rings (SSSR count). The number of aromatic nitrogens is 1. The highest BCUT2D eigenvalue weighted by Crippen LogP contribution is 2.47. The van der Waals surface area contributed by atoms with Crippen LogP contribution in [0.25, 0.3) is 11.3 Å². The van der Waals surface area contributed by atoms with E-state index in [0.29, 0.717) is 6.42 Å². The summed E-state index contributed by atoms with van der Waals surface area (Å²) < 4.78 is 26.9. The van der Waals surface area contributed by atoms with Crippen LogP contribution in [0.1, 0.15) is 51.4 Å². The van der Waals surface area contributed by atoms with E-state index in [1.807, 2.05) is 18.7 Å². The Morgan fingerprint density at radius 1 is 1.20 bits per heavy atom. The molecule has 2 fully saturated rings. The molecule has 3 aliphatic heterocycles. The highest BCUT2D eigenvalue weighted by molar-refractivity contribution is 6.37. The van der Waals surface area contributed by atoms with Crippen LogP contribution in [-0.4, -0.2) is 88.0 Å². The van der Waals surface area contributed by atoms with Crippen molar-refractivity contribution in [1.29, 1.82) is 0 Å². The van der Waals surface area contributed by atoms with Crippen LogP contribution in [0.15, 0.2) is 18.2 Å². The zero-order valence-corrected chi connectivity index (χ0v) is 24.6.